The number of likely N-dealkylation sites (N-methyl/N-ethyl adjacent to an activating group) is 1. The van der Waals surface area contributed by atoms with E-state index in [4.69, 9.17) is 0 Å². The molecule has 0 aliphatic rings. The molecule has 1 N–H and O–H groups in total. The van der Waals surface area contributed by atoms with Gasteiger partial charge in [-0.15, -0.1) is 0 Å². The molecule has 23 heavy (non-hydrogen) atoms. The number of hydrogen-bond donors (Lipinski definition) is 1. The third-order valence-electron chi connectivity index (χ3n) is 3.96. The molecule has 128 valence electrons. The first-order valence-corrected chi connectivity index (χ1v) is 7.79. The van der Waals surface area contributed by atoms with Crippen LogP contribution in [-0.2, 0) is 0 Å². The van der Waals surface area contributed by atoms with Crippen LogP contribution in [-0.4, -0.2) is 60.4 Å². The molecule has 1 amide bonds. The van der Waals surface area contributed by atoms with Gasteiger partial charge >= 0.3 is 0 Å². The zero-order valence-electron chi connectivity index (χ0n) is 14.5. The van der Waals surface area contributed by atoms with Crippen LogP contribution in [0.2, 0.25) is 0 Å². The highest BCUT2D eigenvalue weighted by Crippen LogP contribution is 2.26. The number of nitrogens with one attached hydrogen (secondary N) is 1. The van der Waals surface area contributed by atoms with Crippen molar-refractivity contribution in [1.82, 2.24) is 9.80 Å². The zero-order valence-corrected chi connectivity index (χ0v) is 14.5. The van der Waals surface area contributed by atoms with Crippen LogP contribution in [0.1, 0.15) is 31.1 Å². The summed E-state index contributed by atoms with van der Waals surface area (Å²) in [5.41, 5.74) is 0.695. The summed E-state index contributed by atoms with van der Waals surface area (Å²) in [6.45, 7) is 7.52. The molecule has 0 heterocycles. The average Bonchev–Trinajstić information content (AvgIpc) is 2.53. The quantitative estimate of drug-likeness (QED) is 0.587. The number of amides is 1. The van der Waals surface area contributed by atoms with Gasteiger partial charge < -0.3 is 15.1 Å². The van der Waals surface area contributed by atoms with E-state index in [0.29, 0.717) is 30.9 Å². The van der Waals surface area contributed by atoms with E-state index in [-0.39, 0.29) is 17.6 Å². The maximum Gasteiger partial charge on any atom is 0.293 e. The summed E-state index contributed by atoms with van der Waals surface area (Å²) in [5, 5.41) is 14.4. The van der Waals surface area contributed by atoms with Gasteiger partial charge in [0, 0.05) is 37.3 Å². The third-order valence-corrected chi connectivity index (χ3v) is 3.96. The van der Waals surface area contributed by atoms with Gasteiger partial charge in [-0.3, -0.25) is 14.9 Å². The van der Waals surface area contributed by atoms with E-state index >= 15 is 0 Å². The summed E-state index contributed by atoms with van der Waals surface area (Å²) in [7, 11) is 3.90. The Bertz CT molecular complexity index is 556. The number of nitro benzene ring substituents is 1. The molecule has 7 nitrogen and oxygen atoms in total. The van der Waals surface area contributed by atoms with Gasteiger partial charge in [0.15, 0.2) is 0 Å². The first kappa shape index (κ1) is 18.9. The first-order chi connectivity index (χ1) is 10.8. The molecule has 1 rings (SSSR count). The van der Waals surface area contributed by atoms with Crippen molar-refractivity contribution in [1.29, 1.82) is 0 Å². The summed E-state index contributed by atoms with van der Waals surface area (Å²) < 4.78 is 0. The average molecular weight is 322 g/mol. The normalized spacial score (nSPS) is 12.1. The molecule has 7 heteroatoms. The molecule has 1 aromatic rings. The van der Waals surface area contributed by atoms with Crippen molar-refractivity contribution in [2.75, 3.05) is 39.0 Å². The monoisotopic (exact) mass is 322 g/mol. The van der Waals surface area contributed by atoms with Crippen molar-refractivity contribution < 1.29 is 9.72 Å². The molecule has 0 saturated carbocycles. The maximum absolute atomic E-state index is 12.3. The Labute approximate surface area is 137 Å². The fourth-order valence-electron chi connectivity index (χ4n) is 2.10. The van der Waals surface area contributed by atoms with Crippen LogP contribution in [0.5, 0.6) is 0 Å². The number of carbonyl (C=O) groups excluding carboxylic acids is 1. The lowest BCUT2D eigenvalue weighted by Gasteiger charge is -2.21. The Kier molecular flexibility index (Phi) is 6.96. The first-order valence-electron chi connectivity index (χ1n) is 7.79. The predicted molar refractivity (Wildman–Crippen MR) is 92.0 cm³/mol. The molecule has 0 bridgehead atoms. The van der Waals surface area contributed by atoms with Crippen molar-refractivity contribution in [2.45, 2.75) is 26.8 Å². The van der Waals surface area contributed by atoms with Crippen molar-refractivity contribution in [2.24, 2.45) is 0 Å². The lowest BCUT2D eigenvalue weighted by Crippen LogP contribution is -2.32. The van der Waals surface area contributed by atoms with Crippen LogP contribution in [0.25, 0.3) is 0 Å². The second-order valence-corrected chi connectivity index (χ2v) is 5.66. The van der Waals surface area contributed by atoms with Crippen molar-refractivity contribution in [3.63, 3.8) is 0 Å². The van der Waals surface area contributed by atoms with Gasteiger partial charge in [-0.25, -0.2) is 0 Å². The molecular weight excluding hydrogens is 296 g/mol. The molecule has 0 aliphatic carbocycles. The zero-order chi connectivity index (χ0) is 17.6. The summed E-state index contributed by atoms with van der Waals surface area (Å²) >= 11 is 0. The van der Waals surface area contributed by atoms with Gasteiger partial charge in [0.2, 0.25) is 0 Å². The number of hydrogen-bond acceptors (Lipinski definition) is 5. The minimum absolute atomic E-state index is 0.0750. The molecule has 0 aromatic heterocycles. The Morgan fingerprint density at radius 1 is 1.30 bits per heavy atom. The molecule has 0 radical (unpaired) electrons. The highest BCUT2D eigenvalue weighted by Gasteiger charge is 2.20. The molecular formula is C16H26N4O3. The van der Waals surface area contributed by atoms with Gasteiger partial charge in [0.1, 0.15) is 5.69 Å². The predicted octanol–water partition coefficient (Wildman–Crippen LogP) is 2.44. The summed E-state index contributed by atoms with van der Waals surface area (Å²) in [5.74, 6) is -0.189. The van der Waals surface area contributed by atoms with Crippen LogP contribution in [0.15, 0.2) is 18.2 Å². The van der Waals surface area contributed by atoms with Gasteiger partial charge in [-0.05, 0) is 47.0 Å². The van der Waals surface area contributed by atoms with E-state index < -0.39 is 4.92 Å². The summed E-state index contributed by atoms with van der Waals surface area (Å²) in [6, 6.07) is 4.82. The highest BCUT2D eigenvalue weighted by molar-refractivity contribution is 5.95. The minimum atomic E-state index is -0.457. The lowest BCUT2D eigenvalue weighted by atomic mass is 10.1. The van der Waals surface area contributed by atoms with Crippen molar-refractivity contribution in [3.05, 3.63) is 33.9 Å². The number of anilines is 1. The smallest absolute Gasteiger partial charge is 0.293 e. The van der Waals surface area contributed by atoms with Crippen LogP contribution >= 0.6 is 0 Å². The number of nitro groups is 1. The van der Waals surface area contributed by atoms with Crippen LogP contribution < -0.4 is 5.32 Å². The second kappa shape index (κ2) is 8.47. The number of rotatable bonds is 8. The molecule has 1 atom stereocenters. The number of benzene rings is 1. The maximum atomic E-state index is 12.3. The number of nitrogens with zero attached hydrogens (tertiary/aromatic N) is 3. The third kappa shape index (κ3) is 4.92. The van der Waals surface area contributed by atoms with Gasteiger partial charge in [-0.2, -0.15) is 0 Å². The molecule has 0 spiro atoms. The Balaban J connectivity index is 3.03. The Morgan fingerprint density at radius 3 is 2.39 bits per heavy atom. The van der Waals surface area contributed by atoms with E-state index in [0.717, 1.165) is 0 Å². The minimum Gasteiger partial charge on any atom is -0.378 e. The van der Waals surface area contributed by atoms with Crippen LogP contribution in [0, 0.1) is 10.1 Å². The van der Waals surface area contributed by atoms with Gasteiger partial charge in [-0.1, -0.05) is 0 Å². The van der Waals surface area contributed by atoms with E-state index in [1.165, 1.54) is 6.07 Å². The van der Waals surface area contributed by atoms with E-state index in [9.17, 15) is 14.9 Å². The van der Waals surface area contributed by atoms with E-state index in [1.807, 2.05) is 39.8 Å². The fourth-order valence-corrected chi connectivity index (χ4v) is 2.10. The van der Waals surface area contributed by atoms with Gasteiger partial charge in [0.05, 0.1) is 4.92 Å². The van der Waals surface area contributed by atoms with Crippen LogP contribution in [0.4, 0.5) is 11.4 Å². The molecule has 0 saturated heterocycles. The molecule has 0 aliphatic heterocycles. The Morgan fingerprint density at radius 2 is 1.91 bits per heavy atom. The topological polar surface area (TPSA) is 78.7 Å². The van der Waals surface area contributed by atoms with Gasteiger partial charge in [0.25, 0.3) is 11.6 Å². The van der Waals surface area contributed by atoms with Crippen LogP contribution in [0.3, 0.4) is 0 Å². The number of carbonyl (C=O) groups is 1. The van der Waals surface area contributed by atoms with Crippen molar-refractivity contribution >= 4 is 17.3 Å². The molecule has 1 aromatic carbocycles. The SMILES string of the molecule is CCN(CC)C(=O)c1ccc(NCC(C)N(C)C)c([N+](=O)[O-])c1. The second-order valence-electron chi connectivity index (χ2n) is 5.66. The largest absolute Gasteiger partial charge is 0.378 e. The summed E-state index contributed by atoms with van der Waals surface area (Å²) in [4.78, 5) is 26.8. The standard InChI is InChI=1S/C16H26N4O3/c1-6-19(7-2)16(21)13-8-9-14(15(10-13)20(22)23)17-11-12(3)18(4)5/h8-10,12,17H,6-7,11H2,1-5H3. The molecule has 1 unspecified atom stereocenters. The van der Waals surface area contributed by atoms with Crippen molar-refractivity contribution in [3.8, 4) is 0 Å². The highest BCUT2D eigenvalue weighted by atomic mass is 16.6. The fraction of sp³-hybridized carbons (Fsp3) is 0.562. The summed E-state index contributed by atoms with van der Waals surface area (Å²) in [6.07, 6.45) is 0. The molecule has 0 fully saturated rings. The van der Waals surface area contributed by atoms with E-state index in [1.54, 1.807) is 17.0 Å². The lowest BCUT2D eigenvalue weighted by molar-refractivity contribution is -0.384. The Hall–Kier alpha value is -2.15. The van der Waals surface area contributed by atoms with E-state index in [2.05, 4.69) is 5.32 Å².